The van der Waals surface area contributed by atoms with Crippen molar-refractivity contribution in [3.05, 3.63) is 24.0 Å². The van der Waals surface area contributed by atoms with E-state index >= 15 is 0 Å². The predicted molar refractivity (Wildman–Crippen MR) is 53.8 cm³/mol. The SMILES string of the molecule is COc1ccc(OCCCCl)c(F)c1. The molecule has 0 atom stereocenters. The largest absolute Gasteiger partial charge is 0.497 e. The van der Waals surface area contributed by atoms with Crippen molar-refractivity contribution in [3.8, 4) is 11.5 Å². The molecule has 0 heterocycles. The minimum absolute atomic E-state index is 0.232. The molecule has 78 valence electrons. The number of alkyl halides is 1. The fourth-order valence-electron chi connectivity index (χ4n) is 0.962. The maximum absolute atomic E-state index is 13.2. The van der Waals surface area contributed by atoms with E-state index in [0.29, 0.717) is 24.7 Å². The Kier molecular flexibility index (Phi) is 4.53. The second-order valence-electron chi connectivity index (χ2n) is 2.69. The van der Waals surface area contributed by atoms with E-state index in [1.165, 1.54) is 13.2 Å². The highest BCUT2D eigenvalue weighted by atomic mass is 35.5. The van der Waals surface area contributed by atoms with Gasteiger partial charge in [0.25, 0.3) is 0 Å². The van der Waals surface area contributed by atoms with Crippen molar-refractivity contribution in [1.29, 1.82) is 0 Å². The molecule has 0 amide bonds. The Bertz CT molecular complexity index is 291. The lowest BCUT2D eigenvalue weighted by Gasteiger charge is -2.07. The molecule has 0 spiro atoms. The minimum Gasteiger partial charge on any atom is -0.497 e. The second-order valence-corrected chi connectivity index (χ2v) is 3.07. The Balaban J connectivity index is 2.59. The van der Waals surface area contributed by atoms with Crippen LogP contribution < -0.4 is 9.47 Å². The van der Waals surface area contributed by atoms with Crippen LogP contribution in [-0.4, -0.2) is 19.6 Å². The van der Waals surface area contributed by atoms with Crippen molar-refractivity contribution >= 4 is 11.6 Å². The van der Waals surface area contributed by atoms with Crippen molar-refractivity contribution in [2.75, 3.05) is 19.6 Å². The van der Waals surface area contributed by atoms with Crippen LogP contribution in [-0.2, 0) is 0 Å². The average Bonchev–Trinajstić information content (AvgIpc) is 2.20. The van der Waals surface area contributed by atoms with E-state index < -0.39 is 5.82 Å². The summed E-state index contributed by atoms with van der Waals surface area (Å²) >= 11 is 5.46. The molecule has 2 nitrogen and oxygen atoms in total. The average molecular weight is 219 g/mol. The van der Waals surface area contributed by atoms with Crippen molar-refractivity contribution in [2.45, 2.75) is 6.42 Å². The van der Waals surface area contributed by atoms with E-state index in [0.717, 1.165) is 0 Å². The minimum atomic E-state index is -0.418. The number of halogens is 2. The molecule has 1 rings (SSSR count). The Labute approximate surface area is 87.6 Å². The van der Waals surface area contributed by atoms with Gasteiger partial charge in [-0.05, 0) is 18.6 Å². The van der Waals surface area contributed by atoms with Gasteiger partial charge in [0.15, 0.2) is 11.6 Å². The molecule has 1 aromatic carbocycles. The predicted octanol–water partition coefficient (Wildman–Crippen LogP) is 2.84. The highest BCUT2D eigenvalue weighted by Crippen LogP contribution is 2.22. The number of benzene rings is 1. The van der Waals surface area contributed by atoms with Crippen LogP contribution in [0.4, 0.5) is 4.39 Å². The van der Waals surface area contributed by atoms with Crippen LogP contribution in [0.25, 0.3) is 0 Å². The summed E-state index contributed by atoms with van der Waals surface area (Å²) in [5, 5.41) is 0. The standard InChI is InChI=1S/C10H12ClFO2/c1-13-8-3-4-10(9(12)7-8)14-6-2-5-11/h3-4,7H,2,5-6H2,1H3. The van der Waals surface area contributed by atoms with Crippen LogP contribution in [0.3, 0.4) is 0 Å². The smallest absolute Gasteiger partial charge is 0.168 e. The summed E-state index contributed by atoms with van der Waals surface area (Å²) in [6, 6.07) is 4.48. The molecule has 0 aromatic heterocycles. The molecule has 0 bridgehead atoms. The number of hydrogen-bond donors (Lipinski definition) is 0. The maximum Gasteiger partial charge on any atom is 0.168 e. The Morgan fingerprint density at radius 1 is 1.43 bits per heavy atom. The van der Waals surface area contributed by atoms with Gasteiger partial charge >= 0.3 is 0 Å². The van der Waals surface area contributed by atoms with Crippen molar-refractivity contribution in [3.63, 3.8) is 0 Å². The third kappa shape index (κ3) is 3.07. The molecule has 4 heteroatoms. The highest BCUT2D eigenvalue weighted by Gasteiger charge is 2.04. The molecule has 0 aliphatic rings. The molecular weight excluding hydrogens is 207 g/mol. The topological polar surface area (TPSA) is 18.5 Å². The summed E-state index contributed by atoms with van der Waals surface area (Å²) in [5.41, 5.74) is 0. The maximum atomic E-state index is 13.2. The zero-order valence-electron chi connectivity index (χ0n) is 7.93. The first kappa shape index (κ1) is 11.1. The molecule has 0 saturated heterocycles. The summed E-state index contributed by atoms with van der Waals surface area (Å²) in [6.45, 7) is 0.423. The lowest BCUT2D eigenvalue weighted by molar-refractivity contribution is 0.300. The molecule has 0 unspecified atom stereocenters. The molecule has 0 aliphatic heterocycles. The zero-order valence-corrected chi connectivity index (χ0v) is 8.68. The molecular formula is C10H12ClFO2. The second kappa shape index (κ2) is 5.70. The van der Waals surface area contributed by atoms with Crippen molar-refractivity contribution < 1.29 is 13.9 Å². The first-order chi connectivity index (χ1) is 6.77. The van der Waals surface area contributed by atoms with E-state index in [9.17, 15) is 4.39 Å². The van der Waals surface area contributed by atoms with Gasteiger partial charge in [0.1, 0.15) is 5.75 Å². The van der Waals surface area contributed by atoms with Crippen LogP contribution in [0, 0.1) is 5.82 Å². The first-order valence-electron chi connectivity index (χ1n) is 4.30. The number of hydrogen-bond acceptors (Lipinski definition) is 2. The third-order valence-electron chi connectivity index (χ3n) is 1.67. The summed E-state index contributed by atoms with van der Waals surface area (Å²) < 4.78 is 23.2. The zero-order chi connectivity index (χ0) is 10.4. The van der Waals surface area contributed by atoms with Crippen LogP contribution in [0.2, 0.25) is 0 Å². The number of methoxy groups -OCH3 is 1. The van der Waals surface area contributed by atoms with Gasteiger partial charge in [-0.2, -0.15) is 0 Å². The van der Waals surface area contributed by atoms with Gasteiger partial charge in [-0.25, -0.2) is 4.39 Å². The van der Waals surface area contributed by atoms with Crippen molar-refractivity contribution in [1.82, 2.24) is 0 Å². The molecule has 1 aromatic rings. The highest BCUT2D eigenvalue weighted by molar-refractivity contribution is 6.17. The summed E-state index contributed by atoms with van der Waals surface area (Å²) in [6.07, 6.45) is 0.701. The normalized spacial score (nSPS) is 9.93. The van der Waals surface area contributed by atoms with Gasteiger partial charge in [-0.15, -0.1) is 11.6 Å². The van der Waals surface area contributed by atoms with Crippen LogP contribution in [0.5, 0.6) is 11.5 Å². The Morgan fingerprint density at radius 3 is 2.79 bits per heavy atom. The number of ether oxygens (including phenoxy) is 2. The summed E-state index contributed by atoms with van der Waals surface area (Å²) in [5.74, 6) is 0.805. The molecule has 0 N–H and O–H groups in total. The van der Waals surface area contributed by atoms with Crippen LogP contribution in [0.1, 0.15) is 6.42 Å². The van der Waals surface area contributed by atoms with E-state index in [1.807, 2.05) is 0 Å². The van der Waals surface area contributed by atoms with Gasteiger partial charge in [0.2, 0.25) is 0 Å². The van der Waals surface area contributed by atoms with E-state index in [2.05, 4.69) is 0 Å². The number of rotatable bonds is 5. The first-order valence-corrected chi connectivity index (χ1v) is 4.83. The monoisotopic (exact) mass is 218 g/mol. The molecule has 0 radical (unpaired) electrons. The fraction of sp³-hybridized carbons (Fsp3) is 0.400. The Hall–Kier alpha value is -0.960. The lowest BCUT2D eigenvalue weighted by Crippen LogP contribution is -1.99. The van der Waals surface area contributed by atoms with Gasteiger partial charge in [0, 0.05) is 11.9 Å². The van der Waals surface area contributed by atoms with Crippen molar-refractivity contribution in [2.24, 2.45) is 0 Å². The molecule has 0 saturated carbocycles. The van der Waals surface area contributed by atoms with Crippen LogP contribution >= 0.6 is 11.6 Å². The Morgan fingerprint density at radius 2 is 2.21 bits per heavy atom. The van der Waals surface area contributed by atoms with E-state index in [-0.39, 0.29) is 5.75 Å². The molecule has 0 fully saturated rings. The van der Waals surface area contributed by atoms with E-state index in [4.69, 9.17) is 21.1 Å². The van der Waals surface area contributed by atoms with Gasteiger partial charge in [-0.3, -0.25) is 0 Å². The fourth-order valence-corrected chi connectivity index (χ4v) is 1.07. The van der Waals surface area contributed by atoms with E-state index in [1.54, 1.807) is 12.1 Å². The summed E-state index contributed by atoms with van der Waals surface area (Å²) in [4.78, 5) is 0. The third-order valence-corrected chi connectivity index (χ3v) is 1.94. The van der Waals surface area contributed by atoms with Gasteiger partial charge in [0.05, 0.1) is 13.7 Å². The van der Waals surface area contributed by atoms with Gasteiger partial charge in [-0.1, -0.05) is 0 Å². The van der Waals surface area contributed by atoms with Crippen LogP contribution in [0.15, 0.2) is 18.2 Å². The van der Waals surface area contributed by atoms with Gasteiger partial charge < -0.3 is 9.47 Å². The molecule has 14 heavy (non-hydrogen) atoms. The summed E-state index contributed by atoms with van der Waals surface area (Å²) in [7, 11) is 1.49. The lowest BCUT2D eigenvalue weighted by atomic mass is 10.3. The molecule has 0 aliphatic carbocycles. The quantitative estimate of drug-likeness (QED) is 0.559.